The number of carbonyl (C=O) groups excluding carboxylic acids is 1. The average Bonchev–Trinajstić information content (AvgIpc) is 2.45. The molecule has 0 saturated carbocycles. The van der Waals surface area contributed by atoms with Gasteiger partial charge in [0.2, 0.25) is 5.91 Å². The third kappa shape index (κ3) is 9.13. The van der Waals surface area contributed by atoms with Gasteiger partial charge in [0.15, 0.2) is 0 Å². The molecule has 0 bridgehead atoms. The Morgan fingerprint density at radius 1 is 0.905 bits per heavy atom. The maximum absolute atomic E-state index is 12.7. The van der Waals surface area contributed by atoms with Gasteiger partial charge in [-0.1, -0.05) is 66.2 Å². The third-order valence-corrected chi connectivity index (χ3v) is 4.25. The first kappa shape index (κ1) is 20.4. The molecule has 0 heterocycles. The first-order valence-electron chi connectivity index (χ1n) is 9.07. The lowest BCUT2D eigenvalue weighted by Gasteiger charge is -2.29. The molecule has 1 amide bonds. The Morgan fingerprint density at radius 2 is 1.38 bits per heavy atom. The van der Waals surface area contributed by atoms with E-state index in [1.165, 1.54) is 38.5 Å². The molecular weight excluding hydrogens is 260 g/mol. The van der Waals surface area contributed by atoms with Gasteiger partial charge in [-0.25, -0.2) is 0 Å². The zero-order chi connectivity index (χ0) is 16.1. The second-order valence-corrected chi connectivity index (χ2v) is 6.53. The van der Waals surface area contributed by atoms with Crippen LogP contribution in [0.2, 0.25) is 0 Å². The van der Waals surface area contributed by atoms with Gasteiger partial charge in [0, 0.05) is 19.6 Å². The van der Waals surface area contributed by atoms with Crippen molar-refractivity contribution in [3.8, 4) is 0 Å². The summed E-state index contributed by atoms with van der Waals surface area (Å²) >= 11 is 0. The van der Waals surface area contributed by atoms with Gasteiger partial charge in [0.25, 0.3) is 0 Å². The molecule has 0 aromatic carbocycles. The maximum atomic E-state index is 12.7. The molecule has 0 rings (SSSR count). The lowest BCUT2D eigenvalue weighted by molar-refractivity contribution is -0.136. The van der Waals surface area contributed by atoms with E-state index in [0.29, 0.717) is 12.5 Å². The van der Waals surface area contributed by atoms with E-state index in [-0.39, 0.29) is 11.8 Å². The van der Waals surface area contributed by atoms with Crippen molar-refractivity contribution in [3.05, 3.63) is 0 Å². The Hall–Kier alpha value is -0.570. The fourth-order valence-corrected chi connectivity index (χ4v) is 2.68. The summed E-state index contributed by atoms with van der Waals surface area (Å²) in [5.74, 6) is 0.596. The number of hydrogen-bond acceptors (Lipinski definition) is 2. The summed E-state index contributed by atoms with van der Waals surface area (Å²) in [6.07, 6.45) is 9.72. The van der Waals surface area contributed by atoms with Crippen molar-refractivity contribution < 1.29 is 4.79 Å². The monoisotopic (exact) mass is 298 g/mol. The average molecular weight is 299 g/mol. The summed E-state index contributed by atoms with van der Waals surface area (Å²) < 4.78 is 0. The quantitative estimate of drug-likeness (QED) is 0.518. The summed E-state index contributed by atoms with van der Waals surface area (Å²) in [6, 6.07) is 0. The lowest BCUT2D eigenvalue weighted by atomic mass is 9.94. The van der Waals surface area contributed by atoms with Gasteiger partial charge in [-0.2, -0.15) is 0 Å². The molecule has 21 heavy (non-hydrogen) atoms. The molecule has 0 saturated heterocycles. The number of unbranched alkanes of at least 4 members (excludes halogenated alkanes) is 6. The molecule has 0 fully saturated rings. The van der Waals surface area contributed by atoms with E-state index in [0.717, 1.165) is 25.9 Å². The Kier molecular flexibility index (Phi) is 12.8. The number of rotatable bonds is 13. The van der Waals surface area contributed by atoms with E-state index >= 15 is 0 Å². The number of nitrogens with two attached hydrogens (primary N) is 1. The number of carbonyl (C=O) groups is 1. The second kappa shape index (κ2) is 13.1. The summed E-state index contributed by atoms with van der Waals surface area (Å²) in [4.78, 5) is 14.8. The standard InChI is InChI=1S/C18H38N2O/c1-5-7-9-11-13-20(14-12-10-8-6-2)18(21)17(15-19)16(3)4/h16-17H,5-15,19H2,1-4H3. The lowest BCUT2D eigenvalue weighted by Crippen LogP contribution is -2.42. The van der Waals surface area contributed by atoms with Crippen LogP contribution in [0.3, 0.4) is 0 Å². The van der Waals surface area contributed by atoms with Crippen molar-refractivity contribution in [2.45, 2.75) is 79.1 Å². The minimum absolute atomic E-state index is 0.0117. The predicted molar refractivity (Wildman–Crippen MR) is 92.2 cm³/mol. The van der Waals surface area contributed by atoms with Gasteiger partial charge in [-0.05, 0) is 18.8 Å². The van der Waals surface area contributed by atoms with E-state index in [1.807, 2.05) is 0 Å². The van der Waals surface area contributed by atoms with E-state index in [2.05, 4.69) is 32.6 Å². The molecular formula is C18H38N2O. The summed E-state index contributed by atoms with van der Waals surface area (Å²) in [5, 5.41) is 0. The molecule has 0 spiro atoms. The maximum Gasteiger partial charge on any atom is 0.227 e. The SMILES string of the molecule is CCCCCCN(CCCCCC)C(=O)C(CN)C(C)C. The van der Waals surface area contributed by atoms with Crippen LogP contribution in [-0.2, 0) is 4.79 Å². The van der Waals surface area contributed by atoms with Crippen LogP contribution in [0.4, 0.5) is 0 Å². The highest BCUT2D eigenvalue weighted by Crippen LogP contribution is 2.15. The van der Waals surface area contributed by atoms with E-state index < -0.39 is 0 Å². The van der Waals surface area contributed by atoms with Gasteiger partial charge in [0.1, 0.15) is 0 Å². The number of amides is 1. The molecule has 0 radical (unpaired) electrons. The third-order valence-electron chi connectivity index (χ3n) is 4.25. The van der Waals surface area contributed by atoms with Crippen LogP contribution >= 0.6 is 0 Å². The van der Waals surface area contributed by atoms with Crippen LogP contribution in [-0.4, -0.2) is 30.4 Å². The van der Waals surface area contributed by atoms with Crippen LogP contribution in [0.1, 0.15) is 79.1 Å². The Morgan fingerprint density at radius 3 is 1.71 bits per heavy atom. The van der Waals surface area contributed by atoms with Gasteiger partial charge >= 0.3 is 0 Å². The van der Waals surface area contributed by atoms with Crippen LogP contribution in [0, 0.1) is 11.8 Å². The highest BCUT2D eigenvalue weighted by molar-refractivity contribution is 5.79. The molecule has 1 unspecified atom stereocenters. The predicted octanol–water partition coefficient (Wildman–Crippen LogP) is 4.21. The molecule has 0 aliphatic rings. The Balaban J connectivity index is 4.42. The van der Waals surface area contributed by atoms with Crippen molar-refractivity contribution in [2.24, 2.45) is 17.6 Å². The molecule has 0 aromatic rings. The first-order valence-corrected chi connectivity index (χ1v) is 9.07. The van der Waals surface area contributed by atoms with E-state index in [4.69, 9.17) is 5.73 Å². The summed E-state index contributed by atoms with van der Waals surface area (Å²) in [7, 11) is 0. The fourth-order valence-electron chi connectivity index (χ4n) is 2.68. The Labute approximate surface area is 132 Å². The molecule has 3 nitrogen and oxygen atoms in total. The zero-order valence-electron chi connectivity index (χ0n) is 14.9. The largest absolute Gasteiger partial charge is 0.342 e. The summed E-state index contributed by atoms with van der Waals surface area (Å²) in [5.41, 5.74) is 5.82. The van der Waals surface area contributed by atoms with Crippen LogP contribution in [0.15, 0.2) is 0 Å². The van der Waals surface area contributed by atoms with Crippen molar-refractivity contribution in [3.63, 3.8) is 0 Å². The minimum atomic E-state index is -0.0117. The fraction of sp³-hybridized carbons (Fsp3) is 0.944. The minimum Gasteiger partial charge on any atom is -0.342 e. The summed E-state index contributed by atoms with van der Waals surface area (Å²) in [6.45, 7) is 10.9. The molecule has 126 valence electrons. The van der Waals surface area contributed by atoms with Crippen molar-refractivity contribution in [2.75, 3.05) is 19.6 Å². The number of nitrogens with zero attached hydrogens (tertiary/aromatic N) is 1. The smallest absolute Gasteiger partial charge is 0.227 e. The highest BCUT2D eigenvalue weighted by Gasteiger charge is 2.25. The van der Waals surface area contributed by atoms with Crippen LogP contribution in [0.25, 0.3) is 0 Å². The zero-order valence-corrected chi connectivity index (χ0v) is 14.9. The second-order valence-electron chi connectivity index (χ2n) is 6.53. The molecule has 1 atom stereocenters. The molecule has 0 aliphatic carbocycles. The topological polar surface area (TPSA) is 46.3 Å². The van der Waals surface area contributed by atoms with Crippen molar-refractivity contribution >= 4 is 5.91 Å². The van der Waals surface area contributed by atoms with Gasteiger partial charge < -0.3 is 10.6 Å². The van der Waals surface area contributed by atoms with E-state index in [1.54, 1.807) is 0 Å². The van der Waals surface area contributed by atoms with Gasteiger partial charge in [-0.15, -0.1) is 0 Å². The molecule has 0 aliphatic heterocycles. The molecule has 3 heteroatoms. The van der Waals surface area contributed by atoms with Gasteiger partial charge in [-0.3, -0.25) is 4.79 Å². The van der Waals surface area contributed by atoms with Crippen LogP contribution < -0.4 is 5.73 Å². The van der Waals surface area contributed by atoms with Gasteiger partial charge in [0.05, 0.1) is 5.92 Å². The Bertz CT molecular complexity index is 242. The number of hydrogen-bond donors (Lipinski definition) is 1. The van der Waals surface area contributed by atoms with Crippen molar-refractivity contribution in [1.82, 2.24) is 4.90 Å². The van der Waals surface area contributed by atoms with Crippen LogP contribution in [0.5, 0.6) is 0 Å². The van der Waals surface area contributed by atoms with Crippen molar-refractivity contribution in [1.29, 1.82) is 0 Å². The normalized spacial score (nSPS) is 12.7. The molecule has 2 N–H and O–H groups in total. The first-order chi connectivity index (χ1) is 10.1. The van der Waals surface area contributed by atoms with E-state index in [9.17, 15) is 4.79 Å². The molecule has 0 aromatic heterocycles. The highest BCUT2D eigenvalue weighted by atomic mass is 16.2.